The zero-order valence-corrected chi connectivity index (χ0v) is 13.9. The maximum Gasteiger partial charge on any atom is 0.137 e. The molecule has 0 spiro atoms. The number of fused-ring (bicyclic) bond motifs is 1. The standard InChI is InChI=1S/C19H18ClN3O/c20-15-6-7-16-17(10-15)22-12-23-19(16)21-11-14-8-9-24-18(14)13-4-2-1-3-5-13/h1-7,10,12,14,18H,8-9,11H2,(H,21,22,23). The maximum absolute atomic E-state index is 6.04. The Hall–Kier alpha value is -2.17. The lowest BCUT2D eigenvalue weighted by Gasteiger charge is -2.20. The second-order valence-corrected chi connectivity index (χ2v) is 6.45. The van der Waals surface area contributed by atoms with E-state index in [1.54, 1.807) is 6.33 Å². The van der Waals surface area contributed by atoms with Crippen LogP contribution in [-0.2, 0) is 4.74 Å². The number of ether oxygens (including phenoxy) is 1. The van der Waals surface area contributed by atoms with Crippen molar-refractivity contribution in [2.75, 3.05) is 18.5 Å². The molecule has 0 aliphatic carbocycles. The van der Waals surface area contributed by atoms with E-state index in [1.807, 2.05) is 24.3 Å². The highest BCUT2D eigenvalue weighted by Crippen LogP contribution is 2.34. The van der Waals surface area contributed by atoms with Crippen LogP contribution in [0.1, 0.15) is 18.1 Å². The second-order valence-electron chi connectivity index (χ2n) is 6.02. The molecule has 0 amide bonds. The molecule has 2 unspecified atom stereocenters. The summed E-state index contributed by atoms with van der Waals surface area (Å²) < 4.78 is 5.95. The summed E-state index contributed by atoms with van der Waals surface area (Å²) >= 11 is 6.04. The Labute approximate surface area is 145 Å². The minimum atomic E-state index is 0.140. The first-order valence-corrected chi connectivity index (χ1v) is 8.50. The van der Waals surface area contributed by atoms with Crippen LogP contribution >= 0.6 is 11.6 Å². The molecule has 1 aliphatic heterocycles. The molecule has 4 rings (SSSR count). The molecule has 0 radical (unpaired) electrons. The van der Waals surface area contributed by atoms with Gasteiger partial charge in [0, 0.05) is 29.5 Å². The van der Waals surface area contributed by atoms with Crippen molar-refractivity contribution in [3.63, 3.8) is 0 Å². The van der Waals surface area contributed by atoms with E-state index in [9.17, 15) is 0 Å². The third kappa shape index (κ3) is 3.07. The smallest absolute Gasteiger partial charge is 0.137 e. The van der Waals surface area contributed by atoms with Crippen LogP contribution in [0.4, 0.5) is 5.82 Å². The number of benzene rings is 2. The van der Waals surface area contributed by atoms with Gasteiger partial charge in [-0.1, -0.05) is 41.9 Å². The molecule has 3 aromatic rings. The largest absolute Gasteiger partial charge is 0.373 e. The average molecular weight is 340 g/mol. The van der Waals surface area contributed by atoms with Crippen molar-refractivity contribution in [2.45, 2.75) is 12.5 Å². The van der Waals surface area contributed by atoms with Gasteiger partial charge in [-0.05, 0) is 30.2 Å². The molecule has 1 N–H and O–H groups in total. The van der Waals surface area contributed by atoms with Crippen LogP contribution in [0.3, 0.4) is 0 Å². The van der Waals surface area contributed by atoms with Crippen molar-refractivity contribution >= 4 is 28.3 Å². The Bertz CT molecular complexity index is 840. The summed E-state index contributed by atoms with van der Waals surface area (Å²) in [7, 11) is 0. The summed E-state index contributed by atoms with van der Waals surface area (Å²) in [5.41, 5.74) is 2.09. The normalized spacial score (nSPS) is 20.4. The molecule has 1 fully saturated rings. The number of anilines is 1. The van der Waals surface area contributed by atoms with Crippen molar-refractivity contribution in [1.29, 1.82) is 0 Å². The monoisotopic (exact) mass is 339 g/mol. The van der Waals surface area contributed by atoms with Crippen LogP contribution < -0.4 is 5.32 Å². The Morgan fingerprint density at radius 3 is 2.88 bits per heavy atom. The first-order valence-electron chi connectivity index (χ1n) is 8.12. The Kier molecular flexibility index (Phi) is 4.32. The summed E-state index contributed by atoms with van der Waals surface area (Å²) in [6, 6.07) is 16.1. The van der Waals surface area contributed by atoms with Gasteiger partial charge in [0.25, 0.3) is 0 Å². The first kappa shape index (κ1) is 15.4. The predicted octanol–water partition coefficient (Wildman–Crippen LogP) is 4.47. The predicted molar refractivity (Wildman–Crippen MR) is 96.3 cm³/mol. The second kappa shape index (κ2) is 6.75. The van der Waals surface area contributed by atoms with Gasteiger partial charge in [-0.25, -0.2) is 9.97 Å². The molecule has 1 aliphatic rings. The van der Waals surface area contributed by atoms with Gasteiger partial charge in [0.1, 0.15) is 12.1 Å². The van der Waals surface area contributed by atoms with Gasteiger partial charge in [0.2, 0.25) is 0 Å². The number of halogens is 1. The fraction of sp³-hybridized carbons (Fsp3) is 0.263. The van der Waals surface area contributed by atoms with Gasteiger partial charge >= 0.3 is 0 Å². The molecule has 24 heavy (non-hydrogen) atoms. The highest BCUT2D eigenvalue weighted by atomic mass is 35.5. The van der Waals surface area contributed by atoms with Crippen LogP contribution in [0.5, 0.6) is 0 Å². The summed E-state index contributed by atoms with van der Waals surface area (Å²) in [5.74, 6) is 1.26. The molecule has 1 aromatic heterocycles. The number of nitrogens with zero attached hydrogens (tertiary/aromatic N) is 2. The highest BCUT2D eigenvalue weighted by Gasteiger charge is 2.29. The van der Waals surface area contributed by atoms with E-state index in [0.29, 0.717) is 10.9 Å². The van der Waals surface area contributed by atoms with Gasteiger partial charge < -0.3 is 10.1 Å². The summed E-state index contributed by atoms with van der Waals surface area (Å²) in [5, 5.41) is 5.14. The average Bonchev–Trinajstić information content (AvgIpc) is 3.09. The van der Waals surface area contributed by atoms with Crippen molar-refractivity contribution in [3.05, 3.63) is 65.4 Å². The van der Waals surface area contributed by atoms with Crippen molar-refractivity contribution in [1.82, 2.24) is 9.97 Å². The summed E-state index contributed by atoms with van der Waals surface area (Å²) in [6.45, 7) is 1.61. The van der Waals surface area contributed by atoms with Crippen LogP contribution in [0.2, 0.25) is 5.02 Å². The SMILES string of the molecule is Clc1ccc2c(NCC3CCOC3c3ccccc3)ncnc2c1. The summed E-state index contributed by atoms with van der Waals surface area (Å²) in [4.78, 5) is 8.67. The molecule has 122 valence electrons. The van der Waals surface area contributed by atoms with Crippen LogP contribution in [0.15, 0.2) is 54.9 Å². The molecule has 2 atom stereocenters. The Balaban J connectivity index is 1.52. The van der Waals surface area contributed by atoms with E-state index >= 15 is 0 Å². The molecule has 5 heteroatoms. The maximum atomic E-state index is 6.04. The van der Waals surface area contributed by atoms with Gasteiger partial charge in [0.15, 0.2) is 0 Å². The van der Waals surface area contributed by atoms with Gasteiger partial charge in [-0.2, -0.15) is 0 Å². The minimum absolute atomic E-state index is 0.140. The topological polar surface area (TPSA) is 47.0 Å². The van der Waals surface area contributed by atoms with Crippen molar-refractivity contribution in [2.24, 2.45) is 5.92 Å². The third-order valence-corrected chi connectivity index (χ3v) is 4.71. The zero-order chi connectivity index (χ0) is 16.4. The van der Waals surface area contributed by atoms with E-state index < -0.39 is 0 Å². The van der Waals surface area contributed by atoms with E-state index in [1.165, 1.54) is 5.56 Å². The van der Waals surface area contributed by atoms with E-state index in [2.05, 4.69) is 39.6 Å². The number of aromatic nitrogens is 2. The van der Waals surface area contributed by atoms with E-state index in [-0.39, 0.29) is 6.10 Å². The lowest BCUT2D eigenvalue weighted by atomic mass is 9.95. The molecule has 1 saturated heterocycles. The van der Waals surface area contributed by atoms with Crippen LogP contribution in [0.25, 0.3) is 10.9 Å². The molecule has 2 heterocycles. The molecule has 0 bridgehead atoms. The molecule has 0 saturated carbocycles. The lowest BCUT2D eigenvalue weighted by molar-refractivity contribution is 0.0933. The molecular weight excluding hydrogens is 322 g/mol. The van der Waals surface area contributed by atoms with Crippen molar-refractivity contribution in [3.8, 4) is 0 Å². The first-order chi connectivity index (χ1) is 11.8. The van der Waals surface area contributed by atoms with Crippen molar-refractivity contribution < 1.29 is 4.74 Å². The van der Waals surface area contributed by atoms with E-state index in [4.69, 9.17) is 16.3 Å². The number of nitrogens with one attached hydrogen (secondary N) is 1. The van der Waals surface area contributed by atoms with Gasteiger partial charge in [-0.15, -0.1) is 0 Å². The van der Waals surface area contributed by atoms with Crippen LogP contribution in [-0.4, -0.2) is 23.1 Å². The Morgan fingerprint density at radius 1 is 1.12 bits per heavy atom. The number of rotatable bonds is 4. The minimum Gasteiger partial charge on any atom is -0.373 e. The highest BCUT2D eigenvalue weighted by molar-refractivity contribution is 6.31. The van der Waals surface area contributed by atoms with Gasteiger partial charge in [-0.3, -0.25) is 0 Å². The molecular formula is C19H18ClN3O. The van der Waals surface area contributed by atoms with Crippen LogP contribution in [0, 0.1) is 5.92 Å². The fourth-order valence-corrected chi connectivity index (χ4v) is 3.42. The number of hydrogen-bond acceptors (Lipinski definition) is 4. The quantitative estimate of drug-likeness (QED) is 0.761. The summed E-state index contributed by atoms with van der Waals surface area (Å²) in [6.07, 6.45) is 2.75. The number of hydrogen-bond donors (Lipinski definition) is 1. The van der Waals surface area contributed by atoms with E-state index in [0.717, 1.165) is 36.3 Å². The third-order valence-electron chi connectivity index (χ3n) is 4.47. The van der Waals surface area contributed by atoms with Gasteiger partial charge in [0.05, 0.1) is 11.6 Å². The Morgan fingerprint density at radius 2 is 2.00 bits per heavy atom. The zero-order valence-electron chi connectivity index (χ0n) is 13.2. The fourth-order valence-electron chi connectivity index (χ4n) is 3.25. The molecule has 2 aromatic carbocycles. The lowest BCUT2D eigenvalue weighted by Crippen LogP contribution is -2.18. The molecule has 4 nitrogen and oxygen atoms in total.